The molecule has 2 aromatic carbocycles. The molecular weight excluding hydrogens is 497 g/mol. The minimum Gasteiger partial charge on any atom is -0.357 e. The average Bonchev–Trinajstić information content (AvgIpc) is 2.62. The van der Waals surface area contributed by atoms with Crippen molar-refractivity contribution in [2.45, 2.75) is 18.2 Å². The summed E-state index contributed by atoms with van der Waals surface area (Å²) in [5.41, 5.74) is 1.13. The number of rotatable bonds is 8. The Morgan fingerprint density at radius 2 is 1.81 bits per heavy atom. The lowest BCUT2D eigenvalue weighted by Crippen LogP contribution is -2.38. The van der Waals surface area contributed by atoms with Crippen LogP contribution < -0.4 is 10.6 Å². The minimum atomic E-state index is -3.32. The first-order valence-electron chi connectivity index (χ1n) is 8.55. The average molecular weight is 522 g/mol. The molecule has 0 aliphatic heterocycles. The highest BCUT2D eigenvalue weighted by molar-refractivity contribution is 14.0. The first kappa shape index (κ1) is 23.7. The molecule has 0 saturated carbocycles. The number of hydrogen-bond acceptors (Lipinski definition) is 3. The number of hydrogen-bond donors (Lipinski definition) is 2. The smallest absolute Gasteiger partial charge is 0.191 e. The summed E-state index contributed by atoms with van der Waals surface area (Å²) < 4.78 is 24.6. The van der Waals surface area contributed by atoms with Crippen LogP contribution in [-0.2, 0) is 16.3 Å². The molecule has 0 amide bonds. The Hall–Kier alpha value is -1.32. The van der Waals surface area contributed by atoms with Crippen LogP contribution in [0.1, 0.15) is 12.5 Å². The van der Waals surface area contributed by atoms with Crippen molar-refractivity contribution in [3.8, 4) is 0 Å². The molecule has 0 aromatic heterocycles. The van der Waals surface area contributed by atoms with Gasteiger partial charge in [-0.3, -0.25) is 4.99 Å². The molecule has 0 fully saturated rings. The predicted molar refractivity (Wildman–Crippen MR) is 123 cm³/mol. The number of nitrogens with zero attached hydrogens (tertiary/aromatic N) is 1. The molecule has 0 saturated heterocycles. The lowest BCUT2D eigenvalue weighted by molar-refractivity contribution is 0.596. The Morgan fingerprint density at radius 1 is 1.07 bits per heavy atom. The molecule has 0 bridgehead atoms. The summed E-state index contributed by atoms with van der Waals surface area (Å²) in [6.45, 7) is 3.55. The summed E-state index contributed by atoms with van der Waals surface area (Å²) in [5.74, 6) is 0.583. The number of benzene rings is 2. The van der Waals surface area contributed by atoms with Gasteiger partial charge in [-0.15, -0.1) is 24.0 Å². The van der Waals surface area contributed by atoms with Gasteiger partial charge in [0.25, 0.3) is 0 Å². The second-order valence-corrected chi connectivity index (χ2v) is 8.24. The van der Waals surface area contributed by atoms with Gasteiger partial charge in [-0.25, -0.2) is 8.42 Å². The van der Waals surface area contributed by atoms with Gasteiger partial charge in [-0.05, 0) is 43.2 Å². The normalized spacial score (nSPS) is 11.6. The zero-order valence-electron chi connectivity index (χ0n) is 15.2. The molecule has 148 valence electrons. The molecular formula is C19H25ClIN3O2S. The van der Waals surface area contributed by atoms with Crippen molar-refractivity contribution in [1.82, 2.24) is 10.6 Å². The lowest BCUT2D eigenvalue weighted by Gasteiger charge is -2.11. The first-order valence-corrected chi connectivity index (χ1v) is 10.6. The van der Waals surface area contributed by atoms with Crippen molar-refractivity contribution in [3.63, 3.8) is 0 Å². The fourth-order valence-electron chi connectivity index (χ4n) is 2.38. The molecule has 0 radical (unpaired) electrons. The van der Waals surface area contributed by atoms with E-state index in [0.717, 1.165) is 12.0 Å². The van der Waals surface area contributed by atoms with E-state index in [4.69, 9.17) is 11.6 Å². The predicted octanol–water partition coefficient (Wildman–Crippen LogP) is 3.53. The van der Waals surface area contributed by atoms with Crippen molar-refractivity contribution >= 4 is 51.4 Å². The molecule has 8 heteroatoms. The van der Waals surface area contributed by atoms with E-state index in [2.05, 4.69) is 15.6 Å². The number of halogens is 2. The molecule has 0 atom stereocenters. The van der Waals surface area contributed by atoms with Crippen molar-refractivity contribution in [3.05, 3.63) is 65.2 Å². The standard InChI is InChI=1S/C19H24ClN3O2S.HI/c1-2-21-19(22-12-11-16-7-6-8-17(20)15-16)23-13-14-26(24,25)18-9-4-3-5-10-18;/h3-10,15H,2,11-14H2,1H3,(H2,21,22,23);1H. The Labute approximate surface area is 183 Å². The van der Waals surface area contributed by atoms with Gasteiger partial charge in [0.05, 0.1) is 17.2 Å². The summed E-state index contributed by atoms with van der Waals surface area (Å²) >= 11 is 5.98. The first-order chi connectivity index (χ1) is 12.5. The van der Waals surface area contributed by atoms with Gasteiger partial charge in [0.2, 0.25) is 0 Å². The minimum absolute atomic E-state index is 0. The van der Waals surface area contributed by atoms with E-state index in [1.54, 1.807) is 30.3 Å². The molecule has 2 aromatic rings. The molecule has 2 rings (SSSR count). The Kier molecular flexibility index (Phi) is 10.7. The number of aliphatic imine (C=N–C) groups is 1. The van der Waals surface area contributed by atoms with Crippen LogP contribution in [0, 0.1) is 0 Å². The quantitative estimate of drug-likeness (QED) is 0.317. The third kappa shape index (κ3) is 8.49. The maximum absolute atomic E-state index is 12.3. The Morgan fingerprint density at radius 3 is 2.48 bits per heavy atom. The Bertz CT molecular complexity index is 830. The number of guanidine groups is 1. The summed E-state index contributed by atoms with van der Waals surface area (Å²) in [4.78, 5) is 4.69. The van der Waals surface area contributed by atoms with Gasteiger partial charge >= 0.3 is 0 Å². The zero-order valence-corrected chi connectivity index (χ0v) is 19.1. The van der Waals surface area contributed by atoms with E-state index in [0.29, 0.717) is 29.0 Å². The summed E-state index contributed by atoms with van der Waals surface area (Å²) in [7, 11) is -3.32. The van der Waals surface area contributed by atoms with Crippen molar-refractivity contribution < 1.29 is 8.42 Å². The summed E-state index contributed by atoms with van der Waals surface area (Å²) in [6.07, 6.45) is 0.799. The van der Waals surface area contributed by atoms with Crippen LogP contribution in [0.25, 0.3) is 0 Å². The summed E-state index contributed by atoms with van der Waals surface area (Å²) in [6, 6.07) is 16.2. The maximum atomic E-state index is 12.3. The van der Waals surface area contributed by atoms with Gasteiger partial charge < -0.3 is 10.6 Å². The monoisotopic (exact) mass is 521 g/mol. The molecule has 0 aliphatic carbocycles. The third-order valence-electron chi connectivity index (χ3n) is 3.67. The van der Waals surface area contributed by atoms with Gasteiger partial charge in [-0.1, -0.05) is 41.9 Å². The topological polar surface area (TPSA) is 70.6 Å². The second kappa shape index (κ2) is 12.2. The van der Waals surface area contributed by atoms with E-state index in [9.17, 15) is 8.42 Å². The highest BCUT2D eigenvalue weighted by Gasteiger charge is 2.13. The molecule has 5 nitrogen and oxygen atoms in total. The van der Waals surface area contributed by atoms with Crippen molar-refractivity contribution in [1.29, 1.82) is 0 Å². The van der Waals surface area contributed by atoms with Crippen molar-refractivity contribution in [2.24, 2.45) is 4.99 Å². The third-order valence-corrected chi connectivity index (χ3v) is 5.62. The SMILES string of the molecule is CCNC(=NCCS(=O)(=O)c1ccccc1)NCCc1cccc(Cl)c1.I. The van der Waals surface area contributed by atoms with E-state index in [1.165, 1.54) is 0 Å². The fraction of sp³-hybridized carbons (Fsp3) is 0.316. The molecule has 0 spiro atoms. The largest absolute Gasteiger partial charge is 0.357 e. The Balaban J connectivity index is 0.00000364. The molecule has 0 aliphatic rings. The van der Waals surface area contributed by atoms with Crippen LogP contribution >= 0.6 is 35.6 Å². The summed E-state index contributed by atoms with van der Waals surface area (Å²) in [5, 5.41) is 7.06. The van der Waals surface area contributed by atoms with E-state index in [1.807, 2.05) is 31.2 Å². The zero-order chi connectivity index (χ0) is 18.8. The highest BCUT2D eigenvalue weighted by atomic mass is 127. The lowest BCUT2D eigenvalue weighted by atomic mass is 10.1. The number of sulfone groups is 1. The van der Waals surface area contributed by atoms with E-state index >= 15 is 0 Å². The van der Waals surface area contributed by atoms with E-state index in [-0.39, 0.29) is 36.3 Å². The number of nitrogens with one attached hydrogen (secondary N) is 2. The van der Waals surface area contributed by atoms with Gasteiger partial charge in [0.1, 0.15) is 0 Å². The molecule has 0 unspecified atom stereocenters. The van der Waals surface area contributed by atoms with Gasteiger partial charge in [0.15, 0.2) is 15.8 Å². The van der Waals surface area contributed by atoms with Gasteiger partial charge in [0, 0.05) is 18.1 Å². The maximum Gasteiger partial charge on any atom is 0.191 e. The van der Waals surface area contributed by atoms with Crippen LogP contribution in [0.2, 0.25) is 5.02 Å². The van der Waals surface area contributed by atoms with Crippen molar-refractivity contribution in [2.75, 3.05) is 25.4 Å². The second-order valence-electron chi connectivity index (χ2n) is 5.70. The fourth-order valence-corrected chi connectivity index (χ4v) is 3.73. The van der Waals surface area contributed by atoms with Crippen LogP contribution in [0.5, 0.6) is 0 Å². The highest BCUT2D eigenvalue weighted by Crippen LogP contribution is 2.11. The molecule has 2 N–H and O–H groups in total. The van der Waals surface area contributed by atoms with Crippen LogP contribution in [0.15, 0.2) is 64.5 Å². The molecule has 27 heavy (non-hydrogen) atoms. The van der Waals surface area contributed by atoms with Crippen LogP contribution in [0.4, 0.5) is 0 Å². The van der Waals surface area contributed by atoms with E-state index < -0.39 is 9.84 Å². The van der Waals surface area contributed by atoms with Gasteiger partial charge in [-0.2, -0.15) is 0 Å². The van der Waals surface area contributed by atoms with Crippen LogP contribution in [-0.4, -0.2) is 39.8 Å². The molecule has 0 heterocycles. The van der Waals surface area contributed by atoms with Crippen LogP contribution in [0.3, 0.4) is 0 Å².